The number of hydrogen-bond acceptors (Lipinski definition) is 5. The van der Waals surface area contributed by atoms with Crippen LogP contribution in [0.3, 0.4) is 0 Å². The van der Waals surface area contributed by atoms with Gasteiger partial charge >= 0.3 is 0 Å². The number of nitrogens with zero attached hydrogens (tertiary/aromatic N) is 1. The largest absolute Gasteiger partial charge is 0.498 e. The molecule has 0 aliphatic rings. The molecule has 0 saturated heterocycles. The van der Waals surface area contributed by atoms with E-state index < -0.39 is 0 Å². The average Bonchev–Trinajstić information content (AvgIpc) is 2.09. The highest BCUT2D eigenvalue weighted by molar-refractivity contribution is 7.84. The fraction of sp³-hybridized carbons (Fsp3) is 0.625. The van der Waals surface area contributed by atoms with Gasteiger partial charge < -0.3 is 9.47 Å². The van der Waals surface area contributed by atoms with Gasteiger partial charge in [-0.15, -0.1) is 12.6 Å². The van der Waals surface area contributed by atoms with Crippen LogP contribution < -0.4 is 0 Å². The molecule has 0 spiro atoms. The maximum atomic E-state index is 9.63. The second-order valence-corrected chi connectivity index (χ2v) is 2.92. The number of rotatable bonds is 7. The van der Waals surface area contributed by atoms with Crippen molar-refractivity contribution >= 4 is 18.7 Å². The van der Waals surface area contributed by atoms with Gasteiger partial charge in [-0.2, -0.15) is 0 Å². The first kappa shape index (κ1) is 12.2. The molecule has 0 aromatic heterocycles. The Labute approximate surface area is 83.0 Å². The lowest BCUT2D eigenvalue weighted by Crippen LogP contribution is -2.04. The Hall–Kier alpha value is -0.770. The fourth-order valence-corrected chi connectivity index (χ4v) is 0.619. The first-order chi connectivity index (χ1) is 6.27. The Morgan fingerprint density at radius 1 is 1.54 bits per heavy atom. The Morgan fingerprint density at radius 2 is 2.31 bits per heavy atom. The molecular weight excluding hydrogens is 190 g/mol. The van der Waals surface area contributed by atoms with Gasteiger partial charge in [0.2, 0.25) is 6.08 Å². The third-order valence-corrected chi connectivity index (χ3v) is 1.12. The van der Waals surface area contributed by atoms with E-state index in [0.717, 1.165) is 4.91 Å². The predicted octanol–water partition coefficient (Wildman–Crippen LogP) is 1.15. The summed E-state index contributed by atoms with van der Waals surface area (Å²) in [5, 5.41) is 0. The van der Waals surface area contributed by atoms with E-state index in [1.54, 1.807) is 6.26 Å². The van der Waals surface area contributed by atoms with Crippen LogP contribution in [0.1, 0.15) is 6.92 Å². The minimum absolute atomic E-state index is 0.352. The summed E-state index contributed by atoms with van der Waals surface area (Å²) in [5.74, 6) is 0. The number of isocyanates is 1. The molecule has 0 aliphatic carbocycles. The van der Waals surface area contributed by atoms with Crippen molar-refractivity contribution in [2.24, 2.45) is 4.99 Å². The van der Waals surface area contributed by atoms with E-state index in [4.69, 9.17) is 9.47 Å². The van der Waals surface area contributed by atoms with Crippen molar-refractivity contribution in [1.82, 2.24) is 0 Å². The summed E-state index contributed by atoms with van der Waals surface area (Å²) in [7, 11) is 0. The molecule has 0 saturated carbocycles. The Morgan fingerprint density at radius 3 is 2.92 bits per heavy atom. The van der Waals surface area contributed by atoms with E-state index in [1.807, 2.05) is 6.92 Å². The van der Waals surface area contributed by atoms with Crippen LogP contribution in [0.2, 0.25) is 0 Å². The topological polar surface area (TPSA) is 47.9 Å². The molecule has 0 bridgehead atoms. The van der Waals surface area contributed by atoms with Gasteiger partial charge in [0.15, 0.2) is 0 Å². The zero-order chi connectivity index (χ0) is 9.94. The van der Waals surface area contributed by atoms with Crippen molar-refractivity contribution in [3.63, 3.8) is 0 Å². The molecule has 0 heterocycles. The molecule has 0 aromatic carbocycles. The Balaban J connectivity index is 3.08. The lowest BCUT2D eigenvalue weighted by molar-refractivity contribution is 0.0896. The zero-order valence-corrected chi connectivity index (χ0v) is 8.42. The van der Waals surface area contributed by atoms with E-state index >= 15 is 0 Å². The third-order valence-electron chi connectivity index (χ3n) is 1.01. The van der Waals surface area contributed by atoms with Crippen molar-refractivity contribution < 1.29 is 14.3 Å². The highest BCUT2D eigenvalue weighted by atomic mass is 32.1. The summed E-state index contributed by atoms with van der Waals surface area (Å²) in [4.78, 5) is 13.8. The normalized spacial score (nSPS) is 10.8. The maximum Gasteiger partial charge on any atom is 0.235 e. The molecule has 5 heteroatoms. The van der Waals surface area contributed by atoms with Gasteiger partial charge in [-0.25, -0.2) is 9.79 Å². The lowest BCUT2D eigenvalue weighted by Gasteiger charge is -2.01. The Bertz CT molecular complexity index is 196. The minimum atomic E-state index is 0.352. The molecular formula is C8H13NO3S. The highest BCUT2D eigenvalue weighted by Crippen LogP contribution is 1.96. The minimum Gasteiger partial charge on any atom is -0.498 e. The summed E-state index contributed by atoms with van der Waals surface area (Å²) < 4.78 is 10.1. The summed E-state index contributed by atoms with van der Waals surface area (Å²) in [6.07, 6.45) is 2.98. The van der Waals surface area contributed by atoms with Gasteiger partial charge in [-0.3, -0.25) is 0 Å². The van der Waals surface area contributed by atoms with Crippen LogP contribution in [-0.4, -0.2) is 32.4 Å². The molecule has 0 N–H and O–H groups in total. The number of allylic oxidation sites excluding steroid dienone is 1. The van der Waals surface area contributed by atoms with Crippen LogP contribution in [0, 0.1) is 0 Å². The van der Waals surface area contributed by atoms with Gasteiger partial charge in [0.25, 0.3) is 0 Å². The van der Waals surface area contributed by atoms with E-state index in [9.17, 15) is 4.79 Å². The molecule has 0 rings (SSSR count). The second kappa shape index (κ2) is 9.32. The molecule has 4 nitrogen and oxygen atoms in total. The number of hydrogen-bond donors (Lipinski definition) is 1. The monoisotopic (exact) mass is 203 g/mol. The van der Waals surface area contributed by atoms with Crippen molar-refractivity contribution in [2.75, 3.05) is 26.4 Å². The molecule has 0 unspecified atom stereocenters. The van der Waals surface area contributed by atoms with Crippen molar-refractivity contribution in [3.8, 4) is 0 Å². The Kier molecular flexibility index (Phi) is 8.77. The molecule has 0 aliphatic heterocycles. The van der Waals surface area contributed by atoms with E-state index in [2.05, 4.69) is 17.6 Å². The van der Waals surface area contributed by atoms with Crippen LogP contribution in [0.4, 0.5) is 0 Å². The van der Waals surface area contributed by atoms with Crippen LogP contribution in [0.25, 0.3) is 0 Å². The van der Waals surface area contributed by atoms with Gasteiger partial charge in [-0.05, 0) is 6.92 Å². The SMILES string of the molecule is CC(S)=COCCOCCN=C=O. The zero-order valence-electron chi connectivity index (χ0n) is 7.52. The lowest BCUT2D eigenvalue weighted by atomic mass is 10.7. The van der Waals surface area contributed by atoms with Crippen molar-refractivity contribution in [2.45, 2.75) is 6.92 Å². The molecule has 13 heavy (non-hydrogen) atoms. The number of thiol groups is 1. The first-order valence-electron chi connectivity index (χ1n) is 3.86. The van der Waals surface area contributed by atoms with Gasteiger partial charge in [0.1, 0.15) is 6.61 Å². The number of aliphatic imine (C=N–C) groups is 1. The summed E-state index contributed by atoms with van der Waals surface area (Å²) in [6.45, 7) is 3.55. The van der Waals surface area contributed by atoms with Crippen LogP contribution >= 0.6 is 12.6 Å². The number of carbonyl (C=O) groups excluding carboxylic acids is 1. The summed E-state index contributed by atoms with van der Waals surface area (Å²) in [6, 6.07) is 0. The second-order valence-electron chi connectivity index (χ2n) is 2.22. The molecule has 0 radical (unpaired) electrons. The van der Waals surface area contributed by atoms with Gasteiger partial charge in [0.05, 0.1) is 26.0 Å². The molecule has 0 aromatic rings. The van der Waals surface area contributed by atoms with Gasteiger partial charge in [0, 0.05) is 4.91 Å². The van der Waals surface area contributed by atoms with E-state index in [0.29, 0.717) is 26.4 Å². The number of ether oxygens (including phenoxy) is 2. The van der Waals surface area contributed by atoms with Crippen LogP contribution in [0.15, 0.2) is 16.2 Å². The highest BCUT2D eigenvalue weighted by Gasteiger charge is 1.86. The maximum absolute atomic E-state index is 9.63. The third kappa shape index (κ3) is 11.2. The summed E-state index contributed by atoms with van der Waals surface area (Å²) >= 11 is 4.01. The van der Waals surface area contributed by atoms with Gasteiger partial charge in [-0.1, -0.05) is 0 Å². The molecule has 0 fully saturated rings. The standard InChI is InChI=1S/C8H13NO3S/c1-8(13)6-12-5-4-11-3-2-9-7-10/h6,13H,2-5H2,1H3. The van der Waals surface area contributed by atoms with Crippen molar-refractivity contribution in [3.05, 3.63) is 11.2 Å². The predicted molar refractivity (Wildman–Crippen MR) is 52.5 cm³/mol. The van der Waals surface area contributed by atoms with Crippen LogP contribution in [-0.2, 0) is 14.3 Å². The quantitative estimate of drug-likeness (QED) is 0.222. The van der Waals surface area contributed by atoms with Crippen LogP contribution in [0.5, 0.6) is 0 Å². The molecule has 0 atom stereocenters. The molecule has 0 amide bonds. The summed E-state index contributed by atoms with van der Waals surface area (Å²) in [5.41, 5.74) is 0. The van der Waals surface area contributed by atoms with E-state index in [-0.39, 0.29) is 0 Å². The smallest absolute Gasteiger partial charge is 0.235 e. The fourth-order valence-electron chi connectivity index (χ4n) is 0.544. The first-order valence-corrected chi connectivity index (χ1v) is 4.31. The van der Waals surface area contributed by atoms with Crippen molar-refractivity contribution in [1.29, 1.82) is 0 Å². The average molecular weight is 203 g/mol. The molecule has 74 valence electrons. The van der Waals surface area contributed by atoms with E-state index in [1.165, 1.54) is 6.08 Å².